The lowest BCUT2D eigenvalue weighted by molar-refractivity contribution is -0.117. The Morgan fingerprint density at radius 2 is 2.05 bits per heavy atom. The van der Waals surface area contributed by atoms with Gasteiger partial charge in [-0.25, -0.2) is 4.79 Å². The number of rotatable bonds is 3. The molecule has 0 spiro atoms. The molecule has 1 saturated heterocycles. The van der Waals surface area contributed by atoms with Crippen molar-refractivity contribution in [3.8, 4) is 0 Å². The van der Waals surface area contributed by atoms with Gasteiger partial charge in [-0.3, -0.25) is 4.79 Å². The van der Waals surface area contributed by atoms with Crippen LogP contribution in [0.5, 0.6) is 0 Å². The molecule has 1 unspecified atom stereocenters. The van der Waals surface area contributed by atoms with Gasteiger partial charge in [-0.1, -0.05) is 20.4 Å². The first-order valence-corrected chi connectivity index (χ1v) is 7.47. The minimum Gasteiger partial charge on any atom is -0.444 e. The molecule has 0 aliphatic carbocycles. The van der Waals surface area contributed by atoms with E-state index in [-0.39, 0.29) is 23.5 Å². The van der Waals surface area contributed by atoms with Gasteiger partial charge in [0.05, 0.1) is 6.04 Å². The van der Waals surface area contributed by atoms with Crippen LogP contribution in [0.4, 0.5) is 4.79 Å². The molecule has 5 nitrogen and oxygen atoms in total. The zero-order valence-electron chi connectivity index (χ0n) is 13.9. The first kappa shape index (κ1) is 17.5. The Labute approximate surface area is 127 Å². The molecule has 0 aromatic carbocycles. The Balaban J connectivity index is 2.84. The zero-order chi connectivity index (χ0) is 16.3. The first-order chi connectivity index (χ1) is 9.57. The maximum Gasteiger partial charge on any atom is 0.410 e. The molecule has 1 atom stereocenters. The summed E-state index contributed by atoms with van der Waals surface area (Å²) >= 11 is 0. The van der Waals surface area contributed by atoms with Crippen molar-refractivity contribution in [3.63, 3.8) is 0 Å². The Hall–Kier alpha value is -1.52. The lowest BCUT2D eigenvalue weighted by atomic mass is 9.76. The number of carbonyl (C=O) groups is 2. The van der Waals surface area contributed by atoms with E-state index in [1.807, 2.05) is 20.8 Å². The largest absolute Gasteiger partial charge is 0.444 e. The van der Waals surface area contributed by atoms with Crippen LogP contribution in [0.25, 0.3) is 0 Å². The third-order valence-electron chi connectivity index (χ3n) is 3.78. The Bertz CT molecular complexity index is 410. The molecule has 0 saturated carbocycles. The van der Waals surface area contributed by atoms with Crippen LogP contribution in [0.2, 0.25) is 0 Å². The van der Waals surface area contributed by atoms with Gasteiger partial charge in [0.15, 0.2) is 0 Å². The molecular formula is C16H28N2O3. The van der Waals surface area contributed by atoms with E-state index in [0.29, 0.717) is 13.1 Å². The fourth-order valence-electron chi connectivity index (χ4n) is 2.64. The highest BCUT2D eigenvalue weighted by atomic mass is 16.6. The predicted octanol–water partition coefficient (Wildman–Crippen LogP) is 2.71. The van der Waals surface area contributed by atoms with Gasteiger partial charge in [-0.2, -0.15) is 0 Å². The lowest BCUT2D eigenvalue weighted by Gasteiger charge is -2.46. The van der Waals surface area contributed by atoms with Crippen molar-refractivity contribution in [3.05, 3.63) is 12.7 Å². The van der Waals surface area contributed by atoms with Gasteiger partial charge in [-0.15, -0.1) is 0 Å². The molecule has 1 fully saturated rings. The number of piperidine rings is 1. The molecule has 2 amide bonds. The Morgan fingerprint density at radius 3 is 2.57 bits per heavy atom. The summed E-state index contributed by atoms with van der Waals surface area (Å²) in [4.78, 5) is 25.6. The maximum absolute atomic E-state index is 12.4. The molecule has 21 heavy (non-hydrogen) atoms. The van der Waals surface area contributed by atoms with Gasteiger partial charge in [0.2, 0.25) is 5.91 Å². The van der Waals surface area contributed by atoms with Crippen molar-refractivity contribution in [1.29, 1.82) is 0 Å². The summed E-state index contributed by atoms with van der Waals surface area (Å²) in [7, 11) is 0. The van der Waals surface area contributed by atoms with Crippen molar-refractivity contribution in [2.75, 3.05) is 13.1 Å². The van der Waals surface area contributed by atoms with Gasteiger partial charge < -0.3 is 15.0 Å². The van der Waals surface area contributed by atoms with Crippen molar-refractivity contribution < 1.29 is 14.3 Å². The monoisotopic (exact) mass is 296 g/mol. The van der Waals surface area contributed by atoms with E-state index >= 15 is 0 Å². The molecule has 0 bridgehead atoms. The van der Waals surface area contributed by atoms with Crippen LogP contribution in [-0.4, -0.2) is 41.6 Å². The van der Waals surface area contributed by atoms with E-state index < -0.39 is 5.60 Å². The van der Waals surface area contributed by atoms with Gasteiger partial charge in [0, 0.05) is 13.1 Å². The maximum atomic E-state index is 12.4. The standard InChI is InChI=1S/C16H28N2O3/c1-7-13(19)17-11-12-16(5,6)9-8-10-18(12)14(20)21-15(2,3)4/h7,12H,1,8-11H2,2-6H3,(H,17,19). The van der Waals surface area contributed by atoms with Gasteiger partial charge >= 0.3 is 6.09 Å². The van der Waals surface area contributed by atoms with Crippen molar-refractivity contribution in [2.45, 2.75) is 59.1 Å². The van der Waals surface area contributed by atoms with Crippen LogP contribution >= 0.6 is 0 Å². The average Bonchev–Trinajstić information content (AvgIpc) is 2.33. The molecule has 1 aliphatic rings. The van der Waals surface area contributed by atoms with E-state index in [0.717, 1.165) is 12.8 Å². The number of amides is 2. The molecule has 0 aromatic rings. The topological polar surface area (TPSA) is 58.6 Å². The Kier molecular flexibility index (Phi) is 5.42. The highest BCUT2D eigenvalue weighted by Gasteiger charge is 2.41. The molecule has 1 rings (SSSR count). The van der Waals surface area contributed by atoms with Crippen LogP contribution in [-0.2, 0) is 9.53 Å². The minimum absolute atomic E-state index is 0.0659. The highest BCUT2D eigenvalue weighted by molar-refractivity contribution is 5.86. The second kappa shape index (κ2) is 6.50. The summed E-state index contributed by atoms with van der Waals surface area (Å²) < 4.78 is 5.49. The minimum atomic E-state index is -0.520. The number of nitrogens with one attached hydrogen (secondary N) is 1. The second-order valence-corrected chi connectivity index (χ2v) is 7.23. The van der Waals surface area contributed by atoms with Crippen molar-refractivity contribution in [1.82, 2.24) is 10.2 Å². The molecule has 0 aromatic heterocycles. The summed E-state index contributed by atoms with van der Waals surface area (Å²) in [5, 5.41) is 2.80. The quantitative estimate of drug-likeness (QED) is 0.815. The van der Waals surface area contributed by atoms with E-state index in [1.165, 1.54) is 6.08 Å². The Morgan fingerprint density at radius 1 is 1.43 bits per heavy atom. The fraction of sp³-hybridized carbons (Fsp3) is 0.750. The molecule has 5 heteroatoms. The number of hydrogen-bond acceptors (Lipinski definition) is 3. The van der Waals surface area contributed by atoms with E-state index in [2.05, 4.69) is 25.7 Å². The smallest absolute Gasteiger partial charge is 0.410 e. The normalized spacial score (nSPS) is 21.6. The van der Waals surface area contributed by atoms with Gasteiger partial charge in [0.25, 0.3) is 0 Å². The van der Waals surface area contributed by atoms with Gasteiger partial charge in [-0.05, 0) is 45.1 Å². The second-order valence-electron chi connectivity index (χ2n) is 7.23. The summed E-state index contributed by atoms with van der Waals surface area (Å²) in [5.74, 6) is -0.222. The third kappa shape index (κ3) is 5.06. The summed E-state index contributed by atoms with van der Waals surface area (Å²) in [5.41, 5.74) is -0.586. The number of hydrogen-bond donors (Lipinski definition) is 1. The molecule has 1 N–H and O–H groups in total. The highest BCUT2D eigenvalue weighted by Crippen LogP contribution is 2.35. The molecule has 1 aliphatic heterocycles. The average molecular weight is 296 g/mol. The van der Waals surface area contributed by atoms with Crippen LogP contribution in [0.3, 0.4) is 0 Å². The number of nitrogens with zero attached hydrogens (tertiary/aromatic N) is 1. The van der Waals surface area contributed by atoms with Crippen LogP contribution < -0.4 is 5.32 Å². The lowest BCUT2D eigenvalue weighted by Crippen LogP contribution is -2.57. The number of likely N-dealkylation sites (tertiary alicyclic amines) is 1. The SMILES string of the molecule is C=CC(=O)NCC1N(C(=O)OC(C)(C)C)CCCC1(C)C. The van der Waals surface area contributed by atoms with Gasteiger partial charge in [0.1, 0.15) is 5.60 Å². The van der Waals surface area contributed by atoms with Crippen molar-refractivity contribution in [2.24, 2.45) is 5.41 Å². The zero-order valence-corrected chi connectivity index (χ0v) is 13.9. The summed E-state index contributed by atoms with van der Waals surface area (Å²) in [6.07, 6.45) is 2.89. The fourth-order valence-corrected chi connectivity index (χ4v) is 2.64. The third-order valence-corrected chi connectivity index (χ3v) is 3.78. The number of ether oxygens (including phenoxy) is 1. The first-order valence-electron chi connectivity index (χ1n) is 7.47. The van der Waals surface area contributed by atoms with Crippen LogP contribution in [0.15, 0.2) is 12.7 Å². The number of carbonyl (C=O) groups excluding carboxylic acids is 2. The summed E-state index contributed by atoms with van der Waals surface area (Å²) in [6.45, 7) is 14.3. The molecule has 120 valence electrons. The summed E-state index contributed by atoms with van der Waals surface area (Å²) in [6, 6.07) is -0.0787. The van der Waals surface area contributed by atoms with Crippen LogP contribution in [0.1, 0.15) is 47.5 Å². The van der Waals surface area contributed by atoms with Crippen molar-refractivity contribution >= 4 is 12.0 Å². The predicted molar refractivity (Wildman–Crippen MR) is 82.9 cm³/mol. The van der Waals surface area contributed by atoms with E-state index in [9.17, 15) is 9.59 Å². The molecular weight excluding hydrogens is 268 g/mol. The molecule has 1 heterocycles. The van der Waals surface area contributed by atoms with E-state index in [1.54, 1.807) is 4.90 Å². The van der Waals surface area contributed by atoms with Crippen LogP contribution in [0, 0.1) is 5.41 Å². The van der Waals surface area contributed by atoms with E-state index in [4.69, 9.17) is 4.74 Å². The molecule has 0 radical (unpaired) electrons.